The largest absolute Gasteiger partial charge is 0.371 e. The lowest BCUT2D eigenvalue weighted by atomic mass is 10.0. The van der Waals surface area contributed by atoms with Gasteiger partial charge in [0.25, 0.3) is 5.91 Å². The standard InChI is InChI=1S/C28H38N4O2/c1-2-16-31(26-14-18-30(19-15-26)28(34)24-9-5-3-6-10-24)22-27(33)29-20-23-13-17-32(21-23)25-11-7-4-8-12-25/h3-12,23,26H,2,13-22H2,1H3,(H,29,33). The Morgan fingerprint density at radius 3 is 2.29 bits per heavy atom. The Hall–Kier alpha value is -2.86. The fraction of sp³-hybridized carbons (Fsp3) is 0.500. The van der Waals surface area contributed by atoms with Gasteiger partial charge in [0.05, 0.1) is 6.54 Å². The van der Waals surface area contributed by atoms with Crippen LogP contribution in [0, 0.1) is 5.92 Å². The van der Waals surface area contributed by atoms with Crippen LogP contribution in [0.15, 0.2) is 60.7 Å². The Morgan fingerprint density at radius 1 is 0.941 bits per heavy atom. The number of likely N-dealkylation sites (tertiary alicyclic amines) is 1. The predicted octanol–water partition coefficient (Wildman–Crippen LogP) is 3.65. The molecule has 0 saturated carbocycles. The van der Waals surface area contributed by atoms with Crippen molar-refractivity contribution in [3.8, 4) is 0 Å². The highest BCUT2D eigenvalue weighted by molar-refractivity contribution is 5.94. The third kappa shape index (κ3) is 6.38. The number of carbonyl (C=O) groups is 2. The van der Waals surface area contributed by atoms with Crippen molar-refractivity contribution in [1.29, 1.82) is 0 Å². The molecule has 1 N–H and O–H groups in total. The summed E-state index contributed by atoms with van der Waals surface area (Å²) in [6, 6.07) is 20.4. The van der Waals surface area contributed by atoms with Gasteiger partial charge < -0.3 is 15.1 Å². The van der Waals surface area contributed by atoms with Gasteiger partial charge >= 0.3 is 0 Å². The summed E-state index contributed by atoms with van der Waals surface area (Å²) in [6.45, 7) is 7.80. The number of nitrogens with zero attached hydrogens (tertiary/aromatic N) is 3. The molecule has 2 aliphatic rings. The Morgan fingerprint density at radius 2 is 1.62 bits per heavy atom. The number of piperidine rings is 1. The Labute approximate surface area is 203 Å². The number of nitrogens with one attached hydrogen (secondary N) is 1. The second kappa shape index (κ2) is 12.0. The van der Waals surface area contributed by atoms with Crippen molar-refractivity contribution in [2.75, 3.05) is 50.7 Å². The summed E-state index contributed by atoms with van der Waals surface area (Å²) in [5.74, 6) is 0.727. The third-order valence-electron chi connectivity index (χ3n) is 7.14. The van der Waals surface area contributed by atoms with E-state index in [1.165, 1.54) is 5.69 Å². The van der Waals surface area contributed by atoms with Crippen LogP contribution >= 0.6 is 0 Å². The van der Waals surface area contributed by atoms with E-state index in [2.05, 4.69) is 46.3 Å². The van der Waals surface area contributed by atoms with E-state index in [0.717, 1.165) is 70.5 Å². The van der Waals surface area contributed by atoms with Crippen LogP contribution in [0.1, 0.15) is 43.0 Å². The van der Waals surface area contributed by atoms with Gasteiger partial charge in [0.1, 0.15) is 0 Å². The van der Waals surface area contributed by atoms with Crippen LogP contribution in [0.25, 0.3) is 0 Å². The van der Waals surface area contributed by atoms with E-state index < -0.39 is 0 Å². The van der Waals surface area contributed by atoms with Gasteiger partial charge in [0.2, 0.25) is 5.91 Å². The lowest BCUT2D eigenvalue weighted by Gasteiger charge is -2.38. The zero-order valence-electron chi connectivity index (χ0n) is 20.4. The maximum atomic E-state index is 12.8. The van der Waals surface area contributed by atoms with Crippen molar-refractivity contribution < 1.29 is 9.59 Å². The number of hydrogen-bond donors (Lipinski definition) is 1. The number of benzene rings is 2. The van der Waals surface area contributed by atoms with Gasteiger partial charge in [-0.2, -0.15) is 0 Å². The third-order valence-corrected chi connectivity index (χ3v) is 7.14. The first-order valence-electron chi connectivity index (χ1n) is 12.8. The molecule has 0 radical (unpaired) electrons. The summed E-state index contributed by atoms with van der Waals surface area (Å²) < 4.78 is 0. The minimum atomic E-state index is 0.111. The van der Waals surface area contributed by atoms with Crippen LogP contribution in [0.5, 0.6) is 0 Å². The fourth-order valence-corrected chi connectivity index (χ4v) is 5.25. The van der Waals surface area contributed by atoms with Gasteiger partial charge in [0, 0.05) is 50.0 Å². The topological polar surface area (TPSA) is 55.9 Å². The fourth-order valence-electron chi connectivity index (χ4n) is 5.25. The summed E-state index contributed by atoms with van der Waals surface area (Å²) in [5.41, 5.74) is 2.02. The second-order valence-electron chi connectivity index (χ2n) is 9.60. The molecule has 2 aliphatic heterocycles. The van der Waals surface area contributed by atoms with Crippen LogP contribution in [0.4, 0.5) is 5.69 Å². The highest BCUT2D eigenvalue weighted by Gasteiger charge is 2.28. The molecule has 1 unspecified atom stereocenters. The van der Waals surface area contributed by atoms with Crippen LogP contribution in [0.3, 0.4) is 0 Å². The molecule has 0 bridgehead atoms. The molecule has 34 heavy (non-hydrogen) atoms. The van der Waals surface area contributed by atoms with Crippen molar-refractivity contribution in [3.05, 3.63) is 66.2 Å². The van der Waals surface area contributed by atoms with E-state index in [1.807, 2.05) is 41.3 Å². The molecule has 4 rings (SSSR count). The van der Waals surface area contributed by atoms with E-state index in [0.29, 0.717) is 18.5 Å². The van der Waals surface area contributed by atoms with E-state index in [4.69, 9.17) is 0 Å². The van der Waals surface area contributed by atoms with Crippen molar-refractivity contribution in [3.63, 3.8) is 0 Å². The van der Waals surface area contributed by atoms with Crippen LogP contribution in [-0.4, -0.2) is 73.5 Å². The normalized spacial score (nSPS) is 18.9. The van der Waals surface area contributed by atoms with Crippen LogP contribution < -0.4 is 10.2 Å². The van der Waals surface area contributed by atoms with Gasteiger partial charge in [-0.15, -0.1) is 0 Å². The highest BCUT2D eigenvalue weighted by atomic mass is 16.2. The minimum absolute atomic E-state index is 0.111. The first-order chi connectivity index (χ1) is 16.6. The maximum Gasteiger partial charge on any atom is 0.253 e. The molecule has 0 aromatic heterocycles. The van der Waals surface area contributed by atoms with Crippen LogP contribution in [-0.2, 0) is 4.79 Å². The molecule has 2 saturated heterocycles. The van der Waals surface area contributed by atoms with Crippen molar-refractivity contribution in [2.24, 2.45) is 5.92 Å². The average Bonchev–Trinajstić information content (AvgIpc) is 3.37. The maximum absolute atomic E-state index is 12.8. The van der Waals surface area contributed by atoms with Crippen molar-refractivity contribution in [2.45, 2.75) is 38.6 Å². The van der Waals surface area contributed by atoms with E-state index in [-0.39, 0.29) is 11.8 Å². The van der Waals surface area contributed by atoms with Gasteiger partial charge in [-0.05, 0) is 62.4 Å². The average molecular weight is 463 g/mol. The molecule has 6 heteroatoms. The van der Waals surface area contributed by atoms with Gasteiger partial charge in [-0.25, -0.2) is 0 Å². The predicted molar refractivity (Wildman–Crippen MR) is 137 cm³/mol. The summed E-state index contributed by atoms with van der Waals surface area (Å²) in [5, 5.41) is 3.20. The lowest BCUT2D eigenvalue weighted by Crippen LogP contribution is -2.50. The quantitative estimate of drug-likeness (QED) is 0.618. The number of para-hydroxylation sites is 1. The molecule has 2 aromatic carbocycles. The zero-order valence-corrected chi connectivity index (χ0v) is 20.4. The first kappa shape index (κ1) is 24.3. The molecule has 2 amide bonds. The number of amides is 2. The smallest absolute Gasteiger partial charge is 0.253 e. The molecule has 0 spiro atoms. The molecular formula is C28H38N4O2. The SMILES string of the molecule is CCCN(CC(=O)NCC1CCN(c2ccccc2)C1)C1CCN(C(=O)c2ccccc2)CC1. The number of carbonyl (C=O) groups excluding carboxylic acids is 2. The van der Waals surface area contributed by atoms with Gasteiger partial charge in [-0.1, -0.05) is 43.3 Å². The summed E-state index contributed by atoms with van der Waals surface area (Å²) in [4.78, 5) is 32.2. The summed E-state index contributed by atoms with van der Waals surface area (Å²) in [6.07, 6.45) is 3.97. The highest BCUT2D eigenvalue weighted by Crippen LogP contribution is 2.23. The molecule has 2 aromatic rings. The Kier molecular flexibility index (Phi) is 8.58. The molecule has 1 atom stereocenters. The molecule has 182 valence electrons. The summed E-state index contributed by atoms with van der Waals surface area (Å²) >= 11 is 0. The lowest BCUT2D eigenvalue weighted by molar-refractivity contribution is -0.123. The summed E-state index contributed by atoms with van der Waals surface area (Å²) in [7, 11) is 0. The molecule has 2 fully saturated rings. The van der Waals surface area contributed by atoms with Crippen molar-refractivity contribution in [1.82, 2.24) is 15.1 Å². The monoisotopic (exact) mass is 462 g/mol. The first-order valence-corrected chi connectivity index (χ1v) is 12.8. The van der Waals surface area contributed by atoms with E-state index in [1.54, 1.807) is 0 Å². The number of anilines is 1. The van der Waals surface area contributed by atoms with Gasteiger partial charge in [0.15, 0.2) is 0 Å². The number of rotatable bonds is 9. The zero-order chi connectivity index (χ0) is 23.8. The molecule has 0 aliphatic carbocycles. The van der Waals surface area contributed by atoms with E-state index in [9.17, 15) is 9.59 Å². The Bertz CT molecular complexity index is 913. The molecular weight excluding hydrogens is 424 g/mol. The van der Waals surface area contributed by atoms with Crippen molar-refractivity contribution >= 4 is 17.5 Å². The molecule has 6 nitrogen and oxygen atoms in total. The Balaban J connectivity index is 1.22. The second-order valence-corrected chi connectivity index (χ2v) is 9.60. The van der Waals surface area contributed by atoms with Gasteiger partial charge in [-0.3, -0.25) is 14.5 Å². The number of hydrogen-bond acceptors (Lipinski definition) is 4. The van der Waals surface area contributed by atoms with E-state index >= 15 is 0 Å². The minimum Gasteiger partial charge on any atom is -0.371 e. The van der Waals surface area contributed by atoms with Crippen LogP contribution in [0.2, 0.25) is 0 Å². The molecule has 2 heterocycles.